The van der Waals surface area contributed by atoms with Gasteiger partial charge in [-0.25, -0.2) is 0 Å². The molecule has 0 aliphatic heterocycles. The van der Waals surface area contributed by atoms with Crippen LogP contribution in [0.25, 0.3) is 0 Å². The molecule has 0 fully saturated rings. The molecule has 0 saturated heterocycles. The van der Waals surface area contributed by atoms with E-state index >= 15 is 0 Å². The Hall–Kier alpha value is -0.123. The maximum Gasteiger partial charge on any atom is 0.500 e. The molecule has 0 amide bonds. The van der Waals surface area contributed by atoms with Crippen LogP contribution in [0.15, 0.2) is 0 Å². The van der Waals surface area contributed by atoms with Gasteiger partial charge in [0.05, 0.1) is 27.1 Å². The Balaban J connectivity index is 3.71. The minimum atomic E-state index is -2.45. The number of rotatable bonds is 16. The molecule has 150 valence electrons. The molecule has 0 aromatic heterocycles. The number of hydrogen-bond acceptors (Lipinski definition) is 6. The third kappa shape index (κ3) is 12.0. The zero-order chi connectivity index (χ0) is 19.2. The second-order valence-electron chi connectivity index (χ2n) is 6.72. The maximum absolute atomic E-state index is 11.8. The lowest BCUT2D eigenvalue weighted by Crippen LogP contribution is -2.43. The molecule has 0 aliphatic carbocycles. The number of hydrogen-bond donors (Lipinski definition) is 0. The fourth-order valence-electron chi connectivity index (χ4n) is 2.38. The van der Waals surface area contributed by atoms with Gasteiger partial charge in [-0.05, 0) is 18.6 Å². The van der Waals surface area contributed by atoms with E-state index in [1.807, 2.05) is 0 Å². The average Bonchev–Trinajstić information content (AvgIpc) is 2.60. The Bertz CT molecular complexity index is 346. The van der Waals surface area contributed by atoms with Gasteiger partial charge in [0.2, 0.25) is 0 Å². The number of carbonyl (C=O) groups excluding carboxylic acids is 1. The van der Waals surface area contributed by atoms with Crippen molar-refractivity contribution in [3.8, 4) is 0 Å². The third-order valence-corrected chi connectivity index (χ3v) is 8.13. The van der Waals surface area contributed by atoms with Gasteiger partial charge in [-0.1, -0.05) is 13.3 Å². The van der Waals surface area contributed by atoms with Crippen molar-refractivity contribution >= 4 is 26.5 Å². The second-order valence-corrected chi connectivity index (χ2v) is 11.0. The van der Waals surface area contributed by atoms with Crippen molar-refractivity contribution in [2.75, 3.05) is 66.6 Å². The molecule has 0 aromatic carbocycles. The van der Waals surface area contributed by atoms with Gasteiger partial charge in [-0.3, -0.25) is 4.79 Å². The summed E-state index contributed by atoms with van der Waals surface area (Å²) in [5.74, 6) is 1.64. The predicted molar refractivity (Wildman–Crippen MR) is 106 cm³/mol. The largest absolute Gasteiger partial charge is 0.500 e. The highest BCUT2D eigenvalue weighted by Gasteiger charge is 2.36. The smallest absolute Gasteiger partial charge is 0.460 e. The summed E-state index contributed by atoms with van der Waals surface area (Å²) >= 11 is 1.75. The molecule has 0 N–H and O–H groups in total. The first-order chi connectivity index (χ1) is 11.8. The van der Waals surface area contributed by atoms with Gasteiger partial charge in [0.25, 0.3) is 0 Å². The Kier molecular flexibility index (Phi) is 13.9. The molecular formula is C17H38NO5SSi+. The Morgan fingerprint density at radius 3 is 2.20 bits per heavy atom. The van der Waals surface area contributed by atoms with E-state index in [-0.39, 0.29) is 5.97 Å². The molecule has 0 saturated carbocycles. The van der Waals surface area contributed by atoms with Crippen molar-refractivity contribution < 1.29 is 27.3 Å². The van der Waals surface area contributed by atoms with Crippen molar-refractivity contribution in [2.24, 2.45) is 0 Å². The monoisotopic (exact) mass is 396 g/mol. The number of likely N-dealkylation sites (N-methyl/N-ethyl adjacent to an activating group) is 1. The van der Waals surface area contributed by atoms with Crippen LogP contribution in [-0.4, -0.2) is 85.9 Å². The number of esters is 1. The number of thioether (sulfide) groups is 1. The number of carbonyl (C=O) groups is 1. The summed E-state index contributed by atoms with van der Waals surface area (Å²) < 4.78 is 22.4. The van der Waals surface area contributed by atoms with Crippen LogP contribution < -0.4 is 0 Å². The fraction of sp³-hybridized carbons (Fsp3) is 0.941. The molecule has 0 bridgehead atoms. The van der Waals surface area contributed by atoms with E-state index in [1.54, 1.807) is 33.1 Å². The van der Waals surface area contributed by atoms with Crippen molar-refractivity contribution in [1.29, 1.82) is 0 Å². The van der Waals surface area contributed by atoms with E-state index in [9.17, 15) is 4.79 Å². The average molecular weight is 397 g/mol. The van der Waals surface area contributed by atoms with Crippen LogP contribution in [-0.2, 0) is 22.8 Å². The zero-order valence-corrected chi connectivity index (χ0v) is 18.8. The van der Waals surface area contributed by atoms with Gasteiger partial charge in [0.15, 0.2) is 0 Å². The molecule has 0 rings (SSSR count). The molecule has 0 unspecified atom stereocenters. The summed E-state index contributed by atoms with van der Waals surface area (Å²) in [5.41, 5.74) is 0. The molecule has 0 atom stereocenters. The van der Waals surface area contributed by atoms with E-state index < -0.39 is 8.80 Å². The topological polar surface area (TPSA) is 54.0 Å². The van der Waals surface area contributed by atoms with Gasteiger partial charge in [-0.2, -0.15) is 11.8 Å². The third-order valence-electron chi connectivity index (χ3n) is 4.23. The van der Waals surface area contributed by atoms with Crippen LogP contribution in [0.3, 0.4) is 0 Å². The van der Waals surface area contributed by atoms with Crippen molar-refractivity contribution in [2.45, 2.75) is 38.7 Å². The molecule has 8 heteroatoms. The molecule has 0 spiro atoms. The quantitative estimate of drug-likeness (QED) is 0.173. The van der Waals surface area contributed by atoms with Gasteiger partial charge in [-0.15, -0.1) is 0 Å². The van der Waals surface area contributed by atoms with E-state index in [0.29, 0.717) is 13.0 Å². The molecular weight excluding hydrogens is 358 g/mol. The standard InChI is InChI=1S/C17H38NO5SSi/c1-7-8-11-18(2,3)12-13-23-17(19)10-15-24-14-9-16-25(20-4,21-5)22-6/h7-16H2,1-6H3/q+1. The Labute approximate surface area is 159 Å². The lowest BCUT2D eigenvalue weighted by molar-refractivity contribution is -0.890. The SMILES string of the molecule is CCCC[N+](C)(C)CCOC(=O)CCSCCC[Si](OC)(OC)OC. The van der Waals surface area contributed by atoms with E-state index in [0.717, 1.165) is 41.5 Å². The Morgan fingerprint density at radius 2 is 1.64 bits per heavy atom. The van der Waals surface area contributed by atoms with E-state index in [4.69, 9.17) is 18.0 Å². The lowest BCUT2D eigenvalue weighted by atomic mass is 10.3. The number of ether oxygens (including phenoxy) is 1. The van der Waals surface area contributed by atoms with Crippen LogP contribution in [0.4, 0.5) is 0 Å². The molecule has 0 aliphatic rings. The summed E-state index contributed by atoms with van der Waals surface area (Å²) in [6, 6.07) is 0.790. The zero-order valence-electron chi connectivity index (χ0n) is 17.0. The summed E-state index contributed by atoms with van der Waals surface area (Å²) in [4.78, 5) is 11.8. The summed E-state index contributed by atoms with van der Waals surface area (Å²) in [6.07, 6.45) is 3.82. The summed E-state index contributed by atoms with van der Waals surface area (Å²) in [7, 11) is 6.80. The highest BCUT2D eigenvalue weighted by atomic mass is 32.2. The summed E-state index contributed by atoms with van der Waals surface area (Å²) in [5, 5.41) is 0. The van der Waals surface area contributed by atoms with Crippen molar-refractivity contribution in [3.63, 3.8) is 0 Å². The predicted octanol–water partition coefficient (Wildman–Crippen LogP) is 2.80. The first-order valence-electron chi connectivity index (χ1n) is 9.05. The van der Waals surface area contributed by atoms with Crippen LogP contribution in [0.1, 0.15) is 32.6 Å². The number of quaternary nitrogens is 1. The lowest BCUT2D eigenvalue weighted by Gasteiger charge is -2.29. The minimum absolute atomic E-state index is 0.0996. The normalized spacial score (nSPS) is 12.4. The highest BCUT2D eigenvalue weighted by Crippen LogP contribution is 2.17. The van der Waals surface area contributed by atoms with Crippen molar-refractivity contribution in [1.82, 2.24) is 0 Å². The van der Waals surface area contributed by atoms with Crippen LogP contribution in [0, 0.1) is 0 Å². The van der Waals surface area contributed by atoms with Crippen LogP contribution in [0.5, 0.6) is 0 Å². The van der Waals surface area contributed by atoms with E-state index in [2.05, 4.69) is 21.0 Å². The maximum atomic E-state index is 11.8. The summed E-state index contributed by atoms with van der Waals surface area (Å²) in [6.45, 7) is 4.69. The molecule has 0 heterocycles. The van der Waals surface area contributed by atoms with Gasteiger partial charge >= 0.3 is 14.8 Å². The van der Waals surface area contributed by atoms with Crippen molar-refractivity contribution in [3.05, 3.63) is 0 Å². The van der Waals surface area contributed by atoms with Gasteiger partial charge in [0.1, 0.15) is 13.2 Å². The van der Waals surface area contributed by atoms with E-state index in [1.165, 1.54) is 12.8 Å². The first kappa shape index (κ1) is 24.9. The molecule has 0 radical (unpaired) electrons. The molecule has 6 nitrogen and oxygen atoms in total. The van der Waals surface area contributed by atoms with Crippen LogP contribution >= 0.6 is 11.8 Å². The number of nitrogens with zero attached hydrogens (tertiary/aromatic N) is 1. The van der Waals surface area contributed by atoms with Gasteiger partial charge in [0, 0.05) is 33.1 Å². The highest BCUT2D eigenvalue weighted by molar-refractivity contribution is 7.99. The molecule has 0 aromatic rings. The Morgan fingerprint density at radius 1 is 1.00 bits per heavy atom. The fourth-order valence-corrected chi connectivity index (χ4v) is 5.22. The molecule has 25 heavy (non-hydrogen) atoms. The first-order valence-corrected chi connectivity index (χ1v) is 12.1. The minimum Gasteiger partial charge on any atom is -0.460 e. The number of unbranched alkanes of at least 4 members (excludes halogenated alkanes) is 1. The van der Waals surface area contributed by atoms with Gasteiger partial charge < -0.3 is 22.5 Å². The second kappa shape index (κ2) is 14.0. The van der Waals surface area contributed by atoms with Crippen LogP contribution in [0.2, 0.25) is 6.04 Å².